The van der Waals surface area contributed by atoms with E-state index in [0.29, 0.717) is 11.9 Å². The Hall–Kier alpha value is -3.25. The number of halogens is 2. The molecule has 0 aliphatic carbocycles. The van der Waals surface area contributed by atoms with E-state index in [1.807, 2.05) is 0 Å². The summed E-state index contributed by atoms with van der Waals surface area (Å²) in [5.74, 6) is -1.34. The van der Waals surface area contributed by atoms with Gasteiger partial charge in [-0.2, -0.15) is 0 Å². The maximum Gasteiger partial charge on any atom is 0.254 e. The molecule has 2 N–H and O–H groups in total. The van der Waals surface area contributed by atoms with E-state index in [0.717, 1.165) is 12.1 Å². The van der Waals surface area contributed by atoms with Gasteiger partial charge in [0.1, 0.15) is 30.4 Å². The lowest BCUT2D eigenvalue weighted by Crippen LogP contribution is -2.54. The third kappa shape index (κ3) is 3.97. The first-order valence-electron chi connectivity index (χ1n) is 11.8. The van der Waals surface area contributed by atoms with Crippen molar-refractivity contribution in [2.45, 2.75) is 31.6 Å². The highest BCUT2D eigenvalue weighted by Crippen LogP contribution is 2.51. The average molecular weight is 522 g/mol. The lowest BCUT2D eigenvalue weighted by atomic mass is 10.0. The molecule has 4 rings (SSSR count). The summed E-state index contributed by atoms with van der Waals surface area (Å²) in [4.78, 5) is 12.2. The van der Waals surface area contributed by atoms with Crippen molar-refractivity contribution in [1.29, 1.82) is 0 Å². The molecule has 1 fully saturated rings. The number of aromatic nitrogens is 2. The van der Waals surface area contributed by atoms with Crippen molar-refractivity contribution in [2.75, 3.05) is 37.8 Å². The highest BCUT2D eigenvalue weighted by atomic mass is 32.2. The molecule has 12 heteroatoms. The van der Waals surface area contributed by atoms with E-state index in [2.05, 4.69) is 5.10 Å². The molecule has 3 aromatic rings. The van der Waals surface area contributed by atoms with Crippen LogP contribution < -0.4 is 15.4 Å². The number of pyridine rings is 1. The Morgan fingerprint density at radius 3 is 2.67 bits per heavy atom. The van der Waals surface area contributed by atoms with Crippen molar-refractivity contribution in [2.24, 2.45) is 5.73 Å². The number of ether oxygens (including phenoxy) is 1. The monoisotopic (exact) mass is 521 g/mol. The molecular weight excluding hydrogens is 492 g/mol. The van der Waals surface area contributed by atoms with Crippen LogP contribution in [-0.4, -0.2) is 61.2 Å². The maximum atomic E-state index is 14.7. The van der Waals surface area contributed by atoms with E-state index in [-0.39, 0.29) is 55.4 Å². The van der Waals surface area contributed by atoms with Gasteiger partial charge in [0.25, 0.3) is 5.91 Å². The highest BCUT2D eigenvalue weighted by molar-refractivity contribution is 7.90. The van der Waals surface area contributed by atoms with Gasteiger partial charge in [-0.15, -0.1) is 5.10 Å². The van der Waals surface area contributed by atoms with E-state index in [4.69, 9.17) is 10.5 Å². The molecule has 36 heavy (non-hydrogen) atoms. The van der Waals surface area contributed by atoms with Crippen LogP contribution in [0.15, 0.2) is 42.6 Å². The first-order valence-corrected chi connectivity index (χ1v) is 13.2. The Morgan fingerprint density at radius 2 is 2.00 bits per heavy atom. The van der Waals surface area contributed by atoms with E-state index in [1.165, 1.54) is 19.8 Å². The summed E-state index contributed by atoms with van der Waals surface area (Å²) >= 11 is 0. The summed E-state index contributed by atoms with van der Waals surface area (Å²) in [7, 11) is -4.24. The quantitative estimate of drug-likeness (QED) is 0.439. The smallest absolute Gasteiger partial charge is 0.254 e. The predicted octanol–water partition coefficient (Wildman–Crippen LogP) is 3.05. The number of carbonyl (C=O) groups is 1. The van der Waals surface area contributed by atoms with Crippen LogP contribution >= 0.6 is 0 Å². The fourth-order valence-corrected chi connectivity index (χ4v) is 7.43. The van der Waals surface area contributed by atoms with Crippen molar-refractivity contribution in [3.8, 4) is 5.75 Å². The molecule has 1 aromatic carbocycles. The zero-order chi connectivity index (χ0) is 26.1. The third-order valence-corrected chi connectivity index (χ3v) is 9.22. The Kier molecular flexibility index (Phi) is 7.19. The molecule has 1 aliphatic rings. The summed E-state index contributed by atoms with van der Waals surface area (Å²) in [5.41, 5.74) is 6.24. The number of nitrogens with zero attached hydrogens (tertiary/aromatic N) is 4. The predicted molar refractivity (Wildman–Crippen MR) is 132 cm³/mol. The molecule has 0 radical (unpaired) electrons. The van der Waals surface area contributed by atoms with E-state index in [1.54, 1.807) is 38.2 Å². The lowest BCUT2D eigenvalue weighted by Gasteiger charge is -2.42. The Bertz CT molecular complexity index is 1380. The number of carbonyl (C=O) groups excluding carboxylic acids is 1. The average Bonchev–Trinajstić information content (AvgIpc) is 3.46. The van der Waals surface area contributed by atoms with Crippen molar-refractivity contribution in [1.82, 2.24) is 13.9 Å². The van der Waals surface area contributed by atoms with Crippen LogP contribution in [-0.2, 0) is 14.9 Å². The molecule has 3 heterocycles. The van der Waals surface area contributed by atoms with Crippen LogP contribution in [0.2, 0.25) is 0 Å². The fraction of sp³-hybridized carbons (Fsp3) is 0.417. The second kappa shape index (κ2) is 10.0. The van der Waals surface area contributed by atoms with E-state index < -0.39 is 33.3 Å². The normalized spacial score (nSPS) is 18.3. The molecule has 194 valence electrons. The number of primary amides is 1. The number of anilines is 1. The summed E-state index contributed by atoms with van der Waals surface area (Å²) < 4.78 is 64.9. The molecule has 1 amide bonds. The molecule has 0 saturated carbocycles. The van der Waals surface area contributed by atoms with Gasteiger partial charge >= 0.3 is 0 Å². The van der Waals surface area contributed by atoms with Gasteiger partial charge < -0.3 is 15.4 Å². The van der Waals surface area contributed by atoms with Gasteiger partial charge in [-0.05, 0) is 43.2 Å². The molecular formula is C24H29F2N5O4S. The Morgan fingerprint density at radius 1 is 1.25 bits per heavy atom. The van der Waals surface area contributed by atoms with Crippen LogP contribution in [0.1, 0.15) is 42.6 Å². The first-order chi connectivity index (χ1) is 17.2. The number of amides is 1. The largest absolute Gasteiger partial charge is 0.490 e. The van der Waals surface area contributed by atoms with E-state index in [9.17, 15) is 22.0 Å². The number of fused-ring (bicyclic) bond motifs is 1. The van der Waals surface area contributed by atoms with Gasteiger partial charge in [0.15, 0.2) is 10.7 Å². The topological polar surface area (TPSA) is 110 Å². The standard InChI is InChI=1S/C24H29F2N5O4S/c1-3-29(4-2)36(33,34)24(18-16-17(26)9-10-20(18)35-15-12-25)11-7-13-30(24)23-21(22(27)32)19-8-5-6-14-31(19)28-23/h5-6,8-10,14,16H,3-4,7,11-13,15H2,1-2H3,(H2,27,32). The van der Waals surface area contributed by atoms with Gasteiger partial charge in [0.2, 0.25) is 10.0 Å². The van der Waals surface area contributed by atoms with Crippen LogP contribution in [0.5, 0.6) is 5.75 Å². The second-order valence-corrected chi connectivity index (χ2v) is 10.5. The van der Waals surface area contributed by atoms with Gasteiger partial charge in [-0.25, -0.2) is 26.0 Å². The van der Waals surface area contributed by atoms with Crippen LogP contribution in [0, 0.1) is 5.82 Å². The number of nitrogens with two attached hydrogens (primary N) is 1. The van der Waals surface area contributed by atoms with Crippen molar-refractivity contribution in [3.05, 3.63) is 59.5 Å². The Balaban J connectivity index is 2.08. The fourth-order valence-electron chi connectivity index (χ4n) is 5.03. The number of benzene rings is 1. The molecule has 0 spiro atoms. The Labute approximate surface area is 208 Å². The van der Waals surface area contributed by atoms with Gasteiger partial charge in [-0.3, -0.25) is 4.79 Å². The van der Waals surface area contributed by atoms with E-state index >= 15 is 0 Å². The molecule has 1 unspecified atom stereocenters. The number of alkyl halides is 1. The number of hydrogen-bond acceptors (Lipinski definition) is 6. The minimum absolute atomic E-state index is 0.0211. The SMILES string of the molecule is CCN(CC)S(=O)(=O)C1(c2cc(F)ccc2OCCF)CCCN1c1nn2ccccc2c1C(N)=O. The minimum Gasteiger partial charge on any atom is -0.490 e. The molecule has 9 nitrogen and oxygen atoms in total. The van der Waals surface area contributed by atoms with Crippen LogP contribution in [0.3, 0.4) is 0 Å². The molecule has 2 aromatic heterocycles. The molecule has 0 bridgehead atoms. The number of rotatable bonds is 10. The third-order valence-electron chi connectivity index (χ3n) is 6.53. The highest BCUT2D eigenvalue weighted by Gasteiger charge is 2.58. The molecule has 1 saturated heterocycles. The van der Waals surface area contributed by atoms with Gasteiger partial charge in [0.05, 0.1) is 5.52 Å². The second-order valence-electron chi connectivity index (χ2n) is 8.40. The number of sulfonamides is 1. The van der Waals surface area contributed by atoms with Crippen molar-refractivity contribution >= 4 is 27.3 Å². The summed E-state index contributed by atoms with van der Waals surface area (Å²) in [5, 5.41) is 4.54. The molecule has 1 aliphatic heterocycles. The van der Waals surface area contributed by atoms with Gasteiger partial charge in [0, 0.05) is 31.4 Å². The van der Waals surface area contributed by atoms with Crippen molar-refractivity contribution in [3.63, 3.8) is 0 Å². The zero-order valence-electron chi connectivity index (χ0n) is 20.2. The number of hydrogen-bond donors (Lipinski definition) is 1. The lowest BCUT2D eigenvalue weighted by molar-refractivity contribution is 0.100. The van der Waals surface area contributed by atoms with Crippen LogP contribution in [0.4, 0.5) is 14.6 Å². The maximum absolute atomic E-state index is 14.7. The summed E-state index contributed by atoms with van der Waals surface area (Å²) in [6.07, 6.45) is 2.08. The van der Waals surface area contributed by atoms with Crippen molar-refractivity contribution < 1.29 is 26.7 Å². The summed E-state index contributed by atoms with van der Waals surface area (Å²) in [6.45, 7) is 2.80. The van der Waals surface area contributed by atoms with Crippen LogP contribution in [0.25, 0.3) is 5.52 Å². The van der Waals surface area contributed by atoms with Gasteiger partial charge in [-0.1, -0.05) is 19.9 Å². The summed E-state index contributed by atoms with van der Waals surface area (Å²) in [6, 6.07) is 8.63. The zero-order valence-corrected chi connectivity index (χ0v) is 21.0. The molecule has 1 atom stereocenters. The minimum atomic E-state index is -4.24. The first kappa shape index (κ1) is 25.8.